The van der Waals surface area contributed by atoms with Crippen LogP contribution in [0, 0.1) is 11.3 Å². The van der Waals surface area contributed by atoms with Gasteiger partial charge >= 0.3 is 11.9 Å². The number of rotatable bonds is 4. The minimum Gasteiger partial charge on any atom is -0.380 e. The first-order valence-corrected chi connectivity index (χ1v) is 10.3. The highest BCUT2D eigenvalue weighted by atomic mass is 19.4. The summed E-state index contributed by atoms with van der Waals surface area (Å²) in [6.45, 7) is 1.76. The molecule has 2 aromatic rings. The van der Waals surface area contributed by atoms with Gasteiger partial charge < -0.3 is 9.47 Å². The van der Waals surface area contributed by atoms with Gasteiger partial charge in [0.1, 0.15) is 13.0 Å². The van der Waals surface area contributed by atoms with Crippen molar-refractivity contribution in [2.24, 2.45) is 11.3 Å². The van der Waals surface area contributed by atoms with Gasteiger partial charge in [0.25, 0.3) is 0 Å². The number of ether oxygens (including phenoxy) is 2. The van der Waals surface area contributed by atoms with Crippen molar-refractivity contribution in [3.8, 4) is 0 Å². The second kappa shape index (κ2) is 7.37. The van der Waals surface area contributed by atoms with Crippen LogP contribution in [0.15, 0.2) is 29.3 Å². The zero-order valence-corrected chi connectivity index (χ0v) is 16.5. The molecule has 3 atom stereocenters. The van der Waals surface area contributed by atoms with Crippen LogP contribution in [-0.2, 0) is 15.7 Å². The minimum absolute atomic E-state index is 0.0255. The molecule has 0 spiro atoms. The zero-order chi connectivity index (χ0) is 20.9. The first-order valence-electron chi connectivity index (χ1n) is 10.3. The van der Waals surface area contributed by atoms with Crippen LogP contribution in [0.5, 0.6) is 0 Å². The highest BCUT2D eigenvalue weighted by molar-refractivity contribution is 5.55. The van der Waals surface area contributed by atoms with Crippen molar-refractivity contribution in [1.82, 2.24) is 19.8 Å². The molecule has 1 aliphatic carbocycles. The third-order valence-electron chi connectivity index (χ3n) is 6.92. The summed E-state index contributed by atoms with van der Waals surface area (Å²) in [7, 11) is 0. The van der Waals surface area contributed by atoms with Gasteiger partial charge in [0, 0.05) is 23.9 Å². The highest BCUT2D eigenvalue weighted by Gasteiger charge is 2.49. The number of nitrogens with one attached hydrogen (secondary N) is 2. The summed E-state index contributed by atoms with van der Waals surface area (Å²) in [5.41, 5.74) is 4.77. The van der Waals surface area contributed by atoms with E-state index in [4.69, 9.17) is 9.47 Å². The summed E-state index contributed by atoms with van der Waals surface area (Å²) in [5.74, 6) is 0.327. The number of hydrogen-bond donors (Lipinski definition) is 2. The van der Waals surface area contributed by atoms with E-state index in [1.807, 2.05) is 0 Å². The number of fused-ring (bicyclic) bond motifs is 1. The predicted octanol–water partition coefficient (Wildman–Crippen LogP) is 2.67. The number of halogens is 3. The molecule has 5 rings (SSSR count). The van der Waals surface area contributed by atoms with Crippen molar-refractivity contribution >= 4 is 5.52 Å². The molecule has 0 amide bonds. The lowest BCUT2D eigenvalue weighted by Crippen LogP contribution is -2.53. The maximum Gasteiger partial charge on any atom is 0.418 e. The van der Waals surface area contributed by atoms with Gasteiger partial charge in [-0.1, -0.05) is 6.42 Å². The average molecular weight is 426 g/mol. The number of hydrazine groups is 1. The monoisotopic (exact) mass is 426 g/mol. The molecule has 3 fully saturated rings. The molecule has 0 aromatic carbocycles. The summed E-state index contributed by atoms with van der Waals surface area (Å²) >= 11 is 0. The average Bonchev–Trinajstić information content (AvgIpc) is 3.32. The van der Waals surface area contributed by atoms with Gasteiger partial charge in [-0.2, -0.15) is 13.2 Å². The Kier molecular flexibility index (Phi) is 4.92. The van der Waals surface area contributed by atoms with Gasteiger partial charge in [-0.05, 0) is 43.7 Å². The van der Waals surface area contributed by atoms with Crippen LogP contribution in [-0.4, -0.2) is 35.1 Å². The van der Waals surface area contributed by atoms with Crippen LogP contribution in [0.2, 0.25) is 0 Å². The third kappa shape index (κ3) is 3.35. The Morgan fingerprint density at radius 3 is 2.77 bits per heavy atom. The Bertz CT molecular complexity index is 976. The summed E-state index contributed by atoms with van der Waals surface area (Å²) in [4.78, 5) is 12.9. The van der Waals surface area contributed by atoms with Gasteiger partial charge in [-0.3, -0.25) is 8.97 Å². The molecule has 0 radical (unpaired) electrons. The van der Waals surface area contributed by atoms with Gasteiger partial charge in [0.05, 0.1) is 24.3 Å². The van der Waals surface area contributed by atoms with E-state index < -0.39 is 17.4 Å². The van der Waals surface area contributed by atoms with Crippen molar-refractivity contribution in [2.75, 3.05) is 19.9 Å². The first-order chi connectivity index (χ1) is 14.4. The van der Waals surface area contributed by atoms with Gasteiger partial charge in [-0.15, -0.1) is 0 Å². The molecule has 2 aliphatic heterocycles. The van der Waals surface area contributed by atoms with Crippen LogP contribution >= 0.6 is 0 Å². The van der Waals surface area contributed by atoms with Crippen LogP contribution < -0.4 is 16.5 Å². The lowest BCUT2D eigenvalue weighted by molar-refractivity contribution is -0.174. The van der Waals surface area contributed by atoms with E-state index in [2.05, 4.69) is 10.9 Å². The summed E-state index contributed by atoms with van der Waals surface area (Å²) < 4.78 is 54.0. The molecule has 3 unspecified atom stereocenters. The van der Waals surface area contributed by atoms with Gasteiger partial charge in [0.2, 0.25) is 0 Å². The maximum atomic E-state index is 13.4. The topological polar surface area (TPSA) is 68.9 Å². The molecule has 0 bridgehead atoms. The summed E-state index contributed by atoms with van der Waals surface area (Å²) in [6, 6.07) is 2.17. The molecular weight excluding hydrogens is 401 g/mol. The number of pyridine rings is 1. The number of nitrogens with zero attached hydrogens (tertiary/aromatic N) is 2. The maximum absolute atomic E-state index is 13.4. The predicted molar refractivity (Wildman–Crippen MR) is 102 cm³/mol. The molecule has 2 N–H and O–H groups in total. The Hall–Kier alpha value is -1.88. The van der Waals surface area contributed by atoms with E-state index in [9.17, 15) is 18.0 Å². The van der Waals surface area contributed by atoms with E-state index in [1.165, 1.54) is 23.0 Å². The normalized spacial score (nSPS) is 29.2. The highest BCUT2D eigenvalue weighted by Crippen LogP contribution is 2.49. The molecule has 164 valence electrons. The van der Waals surface area contributed by atoms with Crippen molar-refractivity contribution in [2.45, 2.75) is 50.6 Å². The van der Waals surface area contributed by atoms with E-state index in [0.29, 0.717) is 25.9 Å². The van der Waals surface area contributed by atoms with Crippen LogP contribution in [0.3, 0.4) is 0 Å². The SMILES string of the molecule is O=c1n(C2CCCC(C3(CC4NNCO4)COC3)C2)cc2c(C(F)(F)F)cccn12. The zero-order valence-electron chi connectivity index (χ0n) is 16.5. The minimum atomic E-state index is -4.50. The molecule has 4 heterocycles. The number of aromatic nitrogens is 2. The number of hydrogen-bond acceptors (Lipinski definition) is 5. The standard InChI is InChI=1S/C20H25F3N4O3/c21-20(22,23)15-5-2-6-26-16(15)9-27(18(26)28)14-4-1-3-13(7-14)19(10-29-11-19)8-17-25-24-12-30-17/h2,5-6,9,13-14,17,24-25H,1,3-4,7-8,10-12H2. The largest absolute Gasteiger partial charge is 0.418 e. The van der Waals surface area contributed by atoms with Crippen molar-refractivity contribution in [3.05, 3.63) is 40.6 Å². The van der Waals surface area contributed by atoms with E-state index in [-0.39, 0.29) is 23.2 Å². The molecular formula is C20H25F3N4O3. The van der Waals surface area contributed by atoms with Gasteiger partial charge in [-0.25, -0.2) is 15.6 Å². The molecule has 1 saturated carbocycles. The fraction of sp³-hybridized carbons (Fsp3) is 0.650. The first kappa shape index (κ1) is 20.0. The molecule has 3 aliphatic rings. The van der Waals surface area contributed by atoms with Gasteiger partial charge in [0.15, 0.2) is 0 Å². The Morgan fingerprint density at radius 2 is 2.10 bits per heavy atom. The second-order valence-electron chi connectivity index (χ2n) is 8.69. The fourth-order valence-corrected chi connectivity index (χ4v) is 5.31. The van der Waals surface area contributed by atoms with E-state index in [1.54, 1.807) is 0 Å². The van der Waals surface area contributed by atoms with Crippen LogP contribution in [0.25, 0.3) is 5.52 Å². The fourth-order valence-electron chi connectivity index (χ4n) is 5.31. The molecule has 10 heteroatoms. The Labute approximate surface area is 171 Å². The lowest BCUT2D eigenvalue weighted by Gasteiger charge is -2.50. The lowest BCUT2D eigenvalue weighted by atomic mass is 9.64. The van der Waals surface area contributed by atoms with Crippen LogP contribution in [0.1, 0.15) is 43.7 Å². The van der Waals surface area contributed by atoms with Crippen molar-refractivity contribution in [1.29, 1.82) is 0 Å². The second-order valence-corrected chi connectivity index (χ2v) is 8.69. The smallest absolute Gasteiger partial charge is 0.380 e. The Balaban J connectivity index is 1.43. The molecule has 7 nitrogen and oxygen atoms in total. The van der Waals surface area contributed by atoms with Crippen LogP contribution in [0.4, 0.5) is 13.2 Å². The quantitative estimate of drug-likeness (QED) is 0.787. The summed E-state index contributed by atoms with van der Waals surface area (Å²) in [6.07, 6.45) is 2.50. The molecule has 30 heavy (non-hydrogen) atoms. The van der Waals surface area contributed by atoms with Crippen molar-refractivity contribution < 1.29 is 22.6 Å². The summed E-state index contributed by atoms with van der Waals surface area (Å²) in [5, 5.41) is 0. The number of alkyl halides is 3. The number of imidazole rings is 1. The third-order valence-corrected chi connectivity index (χ3v) is 6.92. The van der Waals surface area contributed by atoms with Crippen molar-refractivity contribution in [3.63, 3.8) is 0 Å². The molecule has 2 aromatic heterocycles. The van der Waals surface area contributed by atoms with E-state index >= 15 is 0 Å². The van der Waals surface area contributed by atoms with E-state index in [0.717, 1.165) is 42.6 Å². The Morgan fingerprint density at radius 1 is 1.27 bits per heavy atom. The molecule has 2 saturated heterocycles.